The Morgan fingerprint density at radius 1 is 1.16 bits per heavy atom. The summed E-state index contributed by atoms with van der Waals surface area (Å²) >= 11 is 3.38. The SMILES string of the molecule is CC1C(=O)N2CCCC2C(=O)N1c1ccc(Br)cc1. The molecule has 0 spiro atoms. The molecule has 4 nitrogen and oxygen atoms in total. The lowest BCUT2D eigenvalue weighted by Crippen LogP contribution is -2.62. The van der Waals surface area contributed by atoms with Gasteiger partial charge in [0.05, 0.1) is 0 Å². The third-order valence-corrected chi connectivity index (χ3v) is 4.44. The molecular formula is C14H15BrN2O2. The highest BCUT2D eigenvalue weighted by Crippen LogP contribution is 2.31. The zero-order valence-corrected chi connectivity index (χ0v) is 12.3. The van der Waals surface area contributed by atoms with Crippen LogP contribution in [0.3, 0.4) is 0 Å². The van der Waals surface area contributed by atoms with Gasteiger partial charge in [0.15, 0.2) is 0 Å². The molecule has 100 valence electrons. The van der Waals surface area contributed by atoms with Crippen molar-refractivity contribution in [2.75, 3.05) is 11.4 Å². The van der Waals surface area contributed by atoms with Gasteiger partial charge >= 0.3 is 0 Å². The Balaban J connectivity index is 1.98. The normalized spacial score (nSPS) is 26.8. The number of nitrogens with zero attached hydrogens (tertiary/aromatic N) is 2. The molecule has 2 amide bonds. The highest BCUT2D eigenvalue weighted by atomic mass is 79.9. The fourth-order valence-electron chi connectivity index (χ4n) is 2.94. The van der Waals surface area contributed by atoms with Crippen LogP contribution in [0.25, 0.3) is 0 Å². The van der Waals surface area contributed by atoms with Gasteiger partial charge in [0.25, 0.3) is 5.91 Å². The first kappa shape index (κ1) is 12.7. The number of rotatable bonds is 1. The molecule has 2 heterocycles. The number of fused-ring (bicyclic) bond motifs is 1. The van der Waals surface area contributed by atoms with Gasteiger partial charge in [0.2, 0.25) is 5.91 Å². The van der Waals surface area contributed by atoms with E-state index in [4.69, 9.17) is 0 Å². The van der Waals surface area contributed by atoms with Crippen molar-refractivity contribution in [3.63, 3.8) is 0 Å². The third kappa shape index (κ3) is 1.96. The fraction of sp³-hybridized carbons (Fsp3) is 0.429. The lowest BCUT2D eigenvalue weighted by Gasteiger charge is -2.40. The van der Waals surface area contributed by atoms with Gasteiger partial charge in [-0.1, -0.05) is 15.9 Å². The topological polar surface area (TPSA) is 40.6 Å². The van der Waals surface area contributed by atoms with Gasteiger partial charge in [-0.3, -0.25) is 14.5 Å². The van der Waals surface area contributed by atoms with Crippen molar-refractivity contribution in [2.24, 2.45) is 0 Å². The maximum atomic E-state index is 12.6. The second kappa shape index (κ2) is 4.63. The van der Waals surface area contributed by atoms with Crippen molar-refractivity contribution in [1.82, 2.24) is 4.90 Å². The quantitative estimate of drug-likeness (QED) is 0.795. The number of amides is 2. The van der Waals surface area contributed by atoms with Gasteiger partial charge in [-0.15, -0.1) is 0 Å². The summed E-state index contributed by atoms with van der Waals surface area (Å²) in [7, 11) is 0. The van der Waals surface area contributed by atoms with E-state index < -0.39 is 6.04 Å². The van der Waals surface area contributed by atoms with Crippen molar-refractivity contribution in [2.45, 2.75) is 31.8 Å². The second-order valence-electron chi connectivity index (χ2n) is 5.05. The Morgan fingerprint density at radius 3 is 2.53 bits per heavy atom. The Kier molecular flexibility index (Phi) is 3.09. The number of carbonyl (C=O) groups excluding carboxylic acids is 2. The van der Waals surface area contributed by atoms with Crippen LogP contribution in [0.5, 0.6) is 0 Å². The Hall–Kier alpha value is -1.36. The smallest absolute Gasteiger partial charge is 0.250 e. The van der Waals surface area contributed by atoms with Gasteiger partial charge in [0, 0.05) is 16.7 Å². The summed E-state index contributed by atoms with van der Waals surface area (Å²) in [5.41, 5.74) is 0.792. The van der Waals surface area contributed by atoms with E-state index in [-0.39, 0.29) is 17.9 Å². The molecule has 2 unspecified atom stereocenters. The highest BCUT2D eigenvalue weighted by molar-refractivity contribution is 9.10. The predicted molar refractivity (Wildman–Crippen MR) is 75.8 cm³/mol. The van der Waals surface area contributed by atoms with E-state index in [9.17, 15) is 9.59 Å². The molecule has 0 saturated carbocycles. The van der Waals surface area contributed by atoms with E-state index in [2.05, 4.69) is 15.9 Å². The van der Waals surface area contributed by atoms with E-state index in [1.165, 1.54) is 0 Å². The summed E-state index contributed by atoms with van der Waals surface area (Å²) in [4.78, 5) is 28.3. The number of anilines is 1. The molecule has 19 heavy (non-hydrogen) atoms. The summed E-state index contributed by atoms with van der Waals surface area (Å²) < 4.78 is 0.960. The van der Waals surface area contributed by atoms with E-state index in [0.717, 1.165) is 23.0 Å². The summed E-state index contributed by atoms with van der Waals surface area (Å²) in [6, 6.07) is 6.85. The van der Waals surface area contributed by atoms with Gasteiger partial charge in [-0.05, 0) is 44.0 Å². The van der Waals surface area contributed by atoms with Crippen molar-refractivity contribution in [3.8, 4) is 0 Å². The van der Waals surface area contributed by atoms with Gasteiger partial charge < -0.3 is 4.90 Å². The highest BCUT2D eigenvalue weighted by Gasteiger charge is 2.46. The van der Waals surface area contributed by atoms with Crippen LogP contribution < -0.4 is 4.90 Å². The molecule has 1 aromatic carbocycles. The first-order valence-corrected chi connectivity index (χ1v) is 7.28. The molecular weight excluding hydrogens is 308 g/mol. The Morgan fingerprint density at radius 2 is 1.84 bits per heavy atom. The molecule has 5 heteroatoms. The minimum atomic E-state index is -0.414. The molecule has 0 bridgehead atoms. The number of hydrogen-bond donors (Lipinski definition) is 0. The molecule has 0 aliphatic carbocycles. The number of hydrogen-bond acceptors (Lipinski definition) is 2. The minimum absolute atomic E-state index is 0.0481. The molecule has 2 aliphatic rings. The number of piperazine rings is 1. The second-order valence-corrected chi connectivity index (χ2v) is 5.97. The lowest BCUT2D eigenvalue weighted by molar-refractivity contribution is -0.143. The average molecular weight is 323 g/mol. The van der Waals surface area contributed by atoms with Crippen molar-refractivity contribution >= 4 is 33.4 Å². The van der Waals surface area contributed by atoms with Gasteiger partial charge in [0.1, 0.15) is 12.1 Å². The zero-order chi connectivity index (χ0) is 13.6. The van der Waals surface area contributed by atoms with Crippen LogP contribution in [-0.4, -0.2) is 35.3 Å². The predicted octanol–water partition coefficient (Wildman–Crippen LogP) is 2.18. The van der Waals surface area contributed by atoms with Crippen LogP contribution >= 0.6 is 15.9 Å². The van der Waals surface area contributed by atoms with Crippen molar-refractivity contribution < 1.29 is 9.59 Å². The van der Waals surface area contributed by atoms with Crippen molar-refractivity contribution in [3.05, 3.63) is 28.7 Å². The molecule has 2 aliphatic heterocycles. The monoisotopic (exact) mass is 322 g/mol. The number of halogens is 1. The van der Waals surface area contributed by atoms with E-state index in [1.807, 2.05) is 24.3 Å². The van der Waals surface area contributed by atoms with Crippen LogP contribution in [-0.2, 0) is 9.59 Å². The minimum Gasteiger partial charge on any atom is -0.329 e. The summed E-state index contributed by atoms with van der Waals surface area (Å²) in [6.07, 6.45) is 1.70. The van der Waals surface area contributed by atoms with Crippen LogP contribution in [0.15, 0.2) is 28.7 Å². The largest absolute Gasteiger partial charge is 0.329 e. The molecule has 2 atom stereocenters. The van der Waals surface area contributed by atoms with Crippen LogP contribution in [0, 0.1) is 0 Å². The standard InChI is InChI=1S/C14H15BrN2O2/c1-9-13(18)16-8-2-3-12(16)14(19)17(9)11-6-4-10(15)5-7-11/h4-7,9,12H,2-3,8H2,1H3. The zero-order valence-electron chi connectivity index (χ0n) is 10.7. The van der Waals surface area contributed by atoms with Gasteiger partial charge in [-0.25, -0.2) is 0 Å². The fourth-order valence-corrected chi connectivity index (χ4v) is 3.21. The number of carbonyl (C=O) groups is 2. The molecule has 1 aromatic rings. The first-order chi connectivity index (χ1) is 9.09. The molecule has 0 radical (unpaired) electrons. The van der Waals surface area contributed by atoms with Crippen LogP contribution in [0.2, 0.25) is 0 Å². The molecule has 0 N–H and O–H groups in total. The molecule has 2 saturated heterocycles. The van der Waals surface area contributed by atoms with E-state index in [0.29, 0.717) is 6.54 Å². The maximum absolute atomic E-state index is 12.6. The van der Waals surface area contributed by atoms with E-state index >= 15 is 0 Å². The van der Waals surface area contributed by atoms with Crippen LogP contribution in [0.1, 0.15) is 19.8 Å². The summed E-state index contributed by atoms with van der Waals surface area (Å²) in [5.74, 6) is 0.108. The Labute approximate surface area is 120 Å². The first-order valence-electron chi connectivity index (χ1n) is 6.48. The number of benzene rings is 1. The molecule has 2 fully saturated rings. The van der Waals surface area contributed by atoms with Gasteiger partial charge in [-0.2, -0.15) is 0 Å². The molecule has 3 rings (SSSR count). The van der Waals surface area contributed by atoms with Crippen LogP contribution in [0.4, 0.5) is 5.69 Å². The third-order valence-electron chi connectivity index (χ3n) is 3.91. The maximum Gasteiger partial charge on any atom is 0.250 e. The average Bonchev–Trinajstić information content (AvgIpc) is 2.88. The Bertz CT molecular complexity index is 529. The van der Waals surface area contributed by atoms with Crippen molar-refractivity contribution in [1.29, 1.82) is 0 Å². The lowest BCUT2D eigenvalue weighted by atomic mass is 10.1. The van der Waals surface area contributed by atoms with E-state index in [1.54, 1.807) is 16.7 Å². The summed E-state index contributed by atoms with van der Waals surface area (Å²) in [5, 5.41) is 0. The summed E-state index contributed by atoms with van der Waals surface area (Å²) in [6.45, 7) is 2.52. The molecule has 0 aromatic heterocycles.